The Balaban J connectivity index is 1.83. The van der Waals surface area contributed by atoms with Gasteiger partial charge < -0.3 is 0 Å². The van der Waals surface area contributed by atoms with Crippen LogP contribution in [0.3, 0.4) is 0 Å². The van der Waals surface area contributed by atoms with Crippen LogP contribution < -0.4 is 0 Å². The minimum atomic E-state index is -3.14. The summed E-state index contributed by atoms with van der Waals surface area (Å²) < 4.78 is 24.7. The van der Waals surface area contributed by atoms with Crippen molar-refractivity contribution in [3.8, 4) is 0 Å². The molecule has 0 saturated carbocycles. The van der Waals surface area contributed by atoms with Crippen molar-refractivity contribution in [2.75, 3.05) is 0 Å². The Morgan fingerprint density at radius 2 is 1.08 bits per heavy atom. The van der Waals surface area contributed by atoms with Crippen molar-refractivity contribution < 1.29 is 20.1 Å². The number of carbonyl (C=O) groups excluding carboxylic acids is 2. The topological polar surface area (TPSA) is 52.6 Å². The molecule has 132 valence electrons. The van der Waals surface area contributed by atoms with Crippen molar-refractivity contribution in [2.24, 2.45) is 0 Å². The molecular weight excluding hydrogens is 450 g/mol. The van der Waals surface area contributed by atoms with E-state index >= 15 is 0 Å². The molecule has 0 spiro atoms. The standard InChI is InChI=1S/C20H14FIO4/c21-17-11-13-18(14-12-17)22(25-19(23)15-7-3-1-4-8-15)26-20(24)16-9-5-2-6-10-16/h1-14H. The van der Waals surface area contributed by atoms with E-state index in [9.17, 15) is 14.0 Å². The molecule has 26 heavy (non-hydrogen) atoms. The van der Waals surface area contributed by atoms with Crippen LogP contribution >= 0.6 is 20.6 Å². The Hall–Kier alpha value is -2.74. The van der Waals surface area contributed by atoms with Gasteiger partial charge in [0.15, 0.2) is 0 Å². The van der Waals surface area contributed by atoms with Gasteiger partial charge in [-0.3, -0.25) is 0 Å². The van der Waals surface area contributed by atoms with Gasteiger partial charge >= 0.3 is 158 Å². The van der Waals surface area contributed by atoms with E-state index in [-0.39, 0.29) is 0 Å². The van der Waals surface area contributed by atoms with Crippen molar-refractivity contribution in [2.45, 2.75) is 0 Å². The second-order valence-corrected chi connectivity index (χ2v) is 8.48. The van der Waals surface area contributed by atoms with E-state index in [0.717, 1.165) is 0 Å². The quantitative estimate of drug-likeness (QED) is 0.497. The van der Waals surface area contributed by atoms with Crippen molar-refractivity contribution >= 4 is 32.6 Å². The molecule has 0 amide bonds. The van der Waals surface area contributed by atoms with E-state index in [1.807, 2.05) is 0 Å². The van der Waals surface area contributed by atoms with Gasteiger partial charge in [0.2, 0.25) is 0 Å². The molecule has 0 aliphatic rings. The van der Waals surface area contributed by atoms with Crippen LogP contribution in [-0.2, 0) is 6.13 Å². The summed E-state index contributed by atoms with van der Waals surface area (Å²) in [5.74, 6) is -1.59. The average Bonchev–Trinajstić information content (AvgIpc) is 2.69. The van der Waals surface area contributed by atoms with E-state index in [4.69, 9.17) is 6.13 Å². The number of hydrogen-bond donors (Lipinski definition) is 0. The van der Waals surface area contributed by atoms with Crippen LogP contribution in [0.25, 0.3) is 0 Å². The van der Waals surface area contributed by atoms with Crippen LogP contribution in [0.15, 0.2) is 84.9 Å². The Kier molecular flexibility index (Phi) is 5.96. The average molecular weight is 464 g/mol. The summed E-state index contributed by atoms with van der Waals surface area (Å²) in [6.45, 7) is 0. The van der Waals surface area contributed by atoms with Crippen molar-refractivity contribution in [1.29, 1.82) is 0 Å². The monoisotopic (exact) mass is 464 g/mol. The Bertz CT molecular complexity index is 829. The molecule has 3 aromatic rings. The molecule has 0 heterocycles. The molecule has 3 aromatic carbocycles. The van der Waals surface area contributed by atoms with E-state index in [1.165, 1.54) is 24.3 Å². The maximum atomic E-state index is 13.2. The fourth-order valence-electron chi connectivity index (χ4n) is 2.00. The van der Waals surface area contributed by atoms with Gasteiger partial charge in [-0.1, -0.05) is 0 Å². The normalized spacial score (nSPS) is 10.7. The van der Waals surface area contributed by atoms with Crippen LogP contribution in [0.2, 0.25) is 0 Å². The first kappa shape index (κ1) is 18.1. The van der Waals surface area contributed by atoms with Crippen LogP contribution in [0, 0.1) is 9.39 Å². The third kappa shape index (κ3) is 4.66. The molecule has 0 atom stereocenters. The molecule has 0 fully saturated rings. The molecule has 3 rings (SSSR count). The second-order valence-electron chi connectivity index (χ2n) is 5.12. The third-order valence-corrected chi connectivity index (χ3v) is 6.62. The molecule has 4 nitrogen and oxygen atoms in total. The zero-order chi connectivity index (χ0) is 18.4. The Labute approximate surface area is 158 Å². The zero-order valence-electron chi connectivity index (χ0n) is 13.5. The molecule has 0 radical (unpaired) electrons. The predicted octanol–water partition coefficient (Wildman–Crippen LogP) is 5.05. The summed E-state index contributed by atoms with van der Waals surface area (Å²) >= 11 is -3.14. The number of hydrogen-bond acceptors (Lipinski definition) is 4. The summed E-state index contributed by atoms with van der Waals surface area (Å²) in [7, 11) is 0. The summed E-state index contributed by atoms with van der Waals surface area (Å²) in [6.07, 6.45) is 0. The minimum absolute atomic E-state index is 0.354. The van der Waals surface area contributed by atoms with Gasteiger partial charge in [-0.15, -0.1) is 0 Å². The number of benzene rings is 3. The number of carbonyl (C=O) groups is 2. The second kappa shape index (κ2) is 8.57. The first-order chi connectivity index (χ1) is 12.6. The molecule has 0 unspecified atom stereocenters. The van der Waals surface area contributed by atoms with Gasteiger partial charge in [0.25, 0.3) is 0 Å². The van der Waals surface area contributed by atoms with E-state index in [2.05, 4.69) is 0 Å². The molecule has 0 N–H and O–H groups in total. The summed E-state index contributed by atoms with van der Waals surface area (Å²) in [4.78, 5) is 24.7. The zero-order valence-corrected chi connectivity index (χ0v) is 15.6. The van der Waals surface area contributed by atoms with Gasteiger partial charge in [0, 0.05) is 0 Å². The van der Waals surface area contributed by atoms with Gasteiger partial charge in [0.05, 0.1) is 0 Å². The summed E-state index contributed by atoms with van der Waals surface area (Å²) in [5, 5.41) is 0. The predicted molar refractivity (Wildman–Crippen MR) is 103 cm³/mol. The van der Waals surface area contributed by atoms with Gasteiger partial charge in [0.1, 0.15) is 0 Å². The summed E-state index contributed by atoms with van der Waals surface area (Å²) in [5.41, 5.74) is 0.709. The van der Waals surface area contributed by atoms with E-state index in [1.54, 1.807) is 60.7 Å². The number of halogens is 2. The number of rotatable bonds is 5. The third-order valence-electron chi connectivity index (χ3n) is 3.28. The molecule has 0 saturated heterocycles. The maximum absolute atomic E-state index is 13.2. The van der Waals surface area contributed by atoms with Crippen LogP contribution in [-0.4, -0.2) is 11.9 Å². The van der Waals surface area contributed by atoms with Crippen molar-refractivity contribution in [3.63, 3.8) is 0 Å². The Morgan fingerprint density at radius 3 is 1.50 bits per heavy atom. The molecule has 6 heteroatoms. The Morgan fingerprint density at radius 1 is 0.654 bits per heavy atom. The van der Waals surface area contributed by atoms with Crippen LogP contribution in [0.4, 0.5) is 4.39 Å². The van der Waals surface area contributed by atoms with Crippen molar-refractivity contribution in [1.82, 2.24) is 0 Å². The van der Waals surface area contributed by atoms with Crippen LogP contribution in [0.1, 0.15) is 20.7 Å². The molecule has 0 aliphatic carbocycles. The van der Waals surface area contributed by atoms with Gasteiger partial charge in [-0.25, -0.2) is 0 Å². The van der Waals surface area contributed by atoms with E-state index < -0.39 is 38.4 Å². The molecule has 0 aromatic heterocycles. The summed E-state index contributed by atoms with van der Waals surface area (Å²) in [6, 6.07) is 22.3. The van der Waals surface area contributed by atoms with Crippen LogP contribution in [0.5, 0.6) is 0 Å². The SMILES string of the molecule is O=C(OI(OC(=O)c1ccccc1)c1ccc(F)cc1)c1ccccc1. The molecule has 0 bridgehead atoms. The fraction of sp³-hybridized carbons (Fsp3) is 0. The van der Waals surface area contributed by atoms with Gasteiger partial charge in [-0.2, -0.15) is 0 Å². The van der Waals surface area contributed by atoms with E-state index in [0.29, 0.717) is 14.7 Å². The first-order valence-corrected chi connectivity index (χ1v) is 10.5. The van der Waals surface area contributed by atoms with Gasteiger partial charge in [-0.05, 0) is 0 Å². The molecule has 0 aliphatic heterocycles. The first-order valence-electron chi connectivity index (χ1n) is 7.65. The fourth-order valence-corrected chi connectivity index (χ4v) is 4.78. The van der Waals surface area contributed by atoms with Crippen molar-refractivity contribution in [3.05, 3.63) is 105 Å². The molecular formula is C20H14FIO4.